The highest BCUT2D eigenvalue weighted by Crippen LogP contribution is 2.32. The first kappa shape index (κ1) is 16.9. The second-order valence-electron chi connectivity index (χ2n) is 6.62. The van der Waals surface area contributed by atoms with E-state index in [1.54, 1.807) is 18.2 Å². The molecule has 1 aromatic rings. The van der Waals surface area contributed by atoms with Crippen molar-refractivity contribution in [1.82, 2.24) is 15.5 Å². The highest BCUT2D eigenvalue weighted by Gasteiger charge is 2.40. The standard InChI is InChI=1S/C18H24FN3O2/c1-20-18(24)16(13-5-2-3-6-14(13)19)22-10-4-7-15(22)17(23)21-11-12-8-9-12/h2-3,5-6,12,15-16H,4,7-11H2,1H3,(H,20,24)(H,21,23)/t15-,16+/m0/s1. The Hall–Kier alpha value is -1.95. The van der Waals surface area contributed by atoms with Crippen LogP contribution >= 0.6 is 0 Å². The molecule has 5 nitrogen and oxygen atoms in total. The maximum atomic E-state index is 14.3. The summed E-state index contributed by atoms with van der Waals surface area (Å²) in [6, 6.07) is 5.12. The van der Waals surface area contributed by atoms with Crippen molar-refractivity contribution in [2.24, 2.45) is 5.92 Å². The number of likely N-dealkylation sites (tertiary alicyclic amines) is 1. The van der Waals surface area contributed by atoms with Crippen molar-refractivity contribution < 1.29 is 14.0 Å². The molecule has 130 valence electrons. The molecule has 0 bridgehead atoms. The van der Waals surface area contributed by atoms with Gasteiger partial charge in [0.05, 0.1) is 6.04 Å². The molecule has 6 heteroatoms. The van der Waals surface area contributed by atoms with Gasteiger partial charge in [0.1, 0.15) is 11.9 Å². The molecule has 0 spiro atoms. The third kappa shape index (κ3) is 3.59. The molecule has 1 aromatic carbocycles. The molecule has 2 fully saturated rings. The molecule has 3 rings (SSSR count). The van der Waals surface area contributed by atoms with Gasteiger partial charge < -0.3 is 10.6 Å². The van der Waals surface area contributed by atoms with E-state index in [4.69, 9.17) is 0 Å². The number of carbonyl (C=O) groups is 2. The van der Waals surface area contributed by atoms with Crippen LogP contribution in [0.15, 0.2) is 24.3 Å². The van der Waals surface area contributed by atoms with Gasteiger partial charge in [-0.2, -0.15) is 0 Å². The zero-order valence-corrected chi connectivity index (χ0v) is 13.9. The van der Waals surface area contributed by atoms with Gasteiger partial charge in [-0.25, -0.2) is 4.39 Å². The normalized spacial score (nSPS) is 22.2. The largest absolute Gasteiger partial charge is 0.358 e. The summed E-state index contributed by atoms with van der Waals surface area (Å²) in [6.07, 6.45) is 3.86. The Morgan fingerprint density at radius 1 is 1.29 bits per heavy atom. The van der Waals surface area contributed by atoms with E-state index in [0.29, 0.717) is 31.0 Å². The van der Waals surface area contributed by atoms with Crippen LogP contribution < -0.4 is 10.6 Å². The molecule has 0 radical (unpaired) electrons. The van der Waals surface area contributed by atoms with Gasteiger partial charge in [-0.3, -0.25) is 14.5 Å². The molecule has 2 N–H and O–H groups in total. The van der Waals surface area contributed by atoms with E-state index in [1.165, 1.54) is 26.0 Å². The third-order valence-electron chi connectivity index (χ3n) is 4.88. The van der Waals surface area contributed by atoms with E-state index in [9.17, 15) is 14.0 Å². The molecule has 1 saturated carbocycles. The summed E-state index contributed by atoms with van der Waals surface area (Å²) in [5.74, 6) is -0.160. The van der Waals surface area contributed by atoms with Crippen LogP contribution in [0.25, 0.3) is 0 Å². The summed E-state index contributed by atoms with van der Waals surface area (Å²) in [6.45, 7) is 1.31. The number of likely N-dealkylation sites (N-methyl/N-ethyl adjacent to an activating group) is 1. The summed E-state index contributed by atoms with van der Waals surface area (Å²) in [7, 11) is 1.54. The Bertz CT molecular complexity index is 618. The summed E-state index contributed by atoms with van der Waals surface area (Å²) >= 11 is 0. The minimum Gasteiger partial charge on any atom is -0.358 e. The smallest absolute Gasteiger partial charge is 0.241 e. The SMILES string of the molecule is CNC(=O)[C@@H](c1ccccc1F)N1CCC[C@H]1C(=O)NCC1CC1. The fourth-order valence-corrected chi connectivity index (χ4v) is 3.37. The highest BCUT2D eigenvalue weighted by molar-refractivity contribution is 5.86. The lowest BCUT2D eigenvalue weighted by atomic mass is 10.0. The van der Waals surface area contributed by atoms with Gasteiger partial charge in [0, 0.05) is 25.7 Å². The average molecular weight is 333 g/mol. The van der Waals surface area contributed by atoms with Crippen molar-refractivity contribution >= 4 is 11.8 Å². The zero-order valence-electron chi connectivity index (χ0n) is 13.9. The third-order valence-corrected chi connectivity index (χ3v) is 4.88. The second-order valence-corrected chi connectivity index (χ2v) is 6.62. The fraction of sp³-hybridized carbons (Fsp3) is 0.556. The van der Waals surface area contributed by atoms with Gasteiger partial charge in [-0.1, -0.05) is 18.2 Å². The molecule has 24 heavy (non-hydrogen) atoms. The van der Waals surface area contributed by atoms with Gasteiger partial charge in [0.25, 0.3) is 0 Å². The summed E-state index contributed by atoms with van der Waals surface area (Å²) < 4.78 is 14.3. The Morgan fingerprint density at radius 3 is 2.71 bits per heavy atom. The maximum Gasteiger partial charge on any atom is 0.241 e. The van der Waals surface area contributed by atoms with Crippen molar-refractivity contribution in [3.05, 3.63) is 35.6 Å². The number of halogens is 1. The first-order valence-electron chi connectivity index (χ1n) is 8.61. The van der Waals surface area contributed by atoms with Gasteiger partial charge in [-0.15, -0.1) is 0 Å². The Balaban J connectivity index is 1.81. The lowest BCUT2D eigenvalue weighted by Crippen LogP contribution is -2.49. The first-order chi connectivity index (χ1) is 11.6. The number of rotatable bonds is 6. The average Bonchev–Trinajstić information content (AvgIpc) is 3.30. The molecule has 0 unspecified atom stereocenters. The van der Waals surface area contributed by atoms with Crippen LogP contribution in [0.2, 0.25) is 0 Å². The number of nitrogens with one attached hydrogen (secondary N) is 2. The number of hydrogen-bond acceptors (Lipinski definition) is 3. The van der Waals surface area contributed by atoms with Crippen LogP contribution in [0.4, 0.5) is 4.39 Å². The van der Waals surface area contributed by atoms with E-state index in [0.717, 1.165) is 6.42 Å². The highest BCUT2D eigenvalue weighted by atomic mass is 19.1. The molecule has 1 aliphatic carbocycles. The van der Waals surface area contributed by atoms with Crippen LogP contribution in [-0.2, 0) is 9.59 Å². The van der Waals surface area contributed by atoms with Crippen molar-refractivity contribution in [3.8, 4) is 0 Å². The van der Waals surface area contributed by atoms with Crippen molar-refractivity contribution in [2.45, 2.75) is 37.8 Å². The monoisotopic (exact) mass is 333 g/mol. The van der Waals surface area contributed by atoms with E-state index in [1.807, 2.05) is 4.90 Å². The van der Waals surface area contributed by atoms with Crippen LogP contribution in [-0.4, -0.2) is 42.9 Å². The molecular formula is C18H24FN3O2. The molecule has 2 atom stereocenters. The van der Waals surface area contributed by atoms with Crippen molar-refractivity contribution in [3.63, 3.8) is 0 Å². The first-order valence-corrected chi connectivity index (χ1v) is 8.61. The van der Waals surface area contributed by atoms with Crippen LogP contribution in [0.1, 0.15) is 37.3 Å². The van der Waals surface area contributed by atoms with E-state index < -0.39 is 11.9 Å². The Labute approximate surface area is 141 Å². The zero-order chi connectivity index (χ0) is 17.1. The molecular weight excluding hydrogens is 309 g/mol. The molecule has 2 aliphatic rings. The number of nitrogens with zero attached hydrogens (tertiary/aromatic N) is 1. The van der Waals surface area contributed by atoms with Gasteiger partial charge in [0.15, 0.2) is 0 Å². The second kappa shape index (κ2) is 7.30. The molecule has 2 amide bonds. The topological polar surface area (TPSA) is 61.4 Å². The van der Waals surface area contributed by atoms with Crippen LogP contribution in [0.3, 0.4) is 0 Å². The van der Waals surface area contributed by atoms with Gasteiger partial charge in [0.2, 0.25) is 11.8 Å². The molecule has 1 heterocycles. The maximum absolute atomic E-state index is 14.3. The van der Waals surface area contributed by atoms with Gasteiger partial charge in [-0.05, 0) is 37.7 Å². The van der Waals surface area contributed by atoms with E-state index in [2.05, 4.69) is 10.6 Å². The number of amides is 2. The lowest BCUT2D eigenvalue weighted by Gasteiger charge is -2.31. The van der Waals surface area contributed by atoms with Crippen LogP contribution in [0, 0.1) is 11.7 Å². The number of hydrogen-bond donors (Lipinski definition) is 2. The summed E-state index contributed by atoms with van der Waals surface area (Å²) in [5.41, 5.74) is 0.318. The minimum atomic E-state index is -0.782. The number of benzene rings is 1. The summed E-state index contributed by atoms with van der Waals surface area (Å²) in [5, 5.41) is 5.60. The predicted octanol–water partition coefficient (Wildman–Crippen LogP) is 1.60. The number of carbonyl (C=O) groups excluding carboxylic acids is 2. The fourth-order valence-electron chi connectivity index (χ4n) is 3.37. The molecule has 0 aromatic heterocycles. The summed E-state index contributed by atoms with van der Waals surface area (Å²) in [4.78, 5) is 26.8. The quantitative estimate of drug-likeness (QED) is 0.831. The minimum absolute atomic E-state index is 0.0513. The van der Waals surface area contributed by atoms with Gasteiger partial charge >= 0.3 is 0 Å². The van der Waals surface area contributed by atoms with Crippen molar-refractivity contribution in [1.29, 1.82) is 0 Å². The van der Waals surface area contributed by atoms with E-state index >= 15 is 0 Å². The van der Waals surface area contributed by atoms with Crippen LogP contribution in [0.5, 0.6) is 0 Å². The van der Waals surface area contributed by atoms with Crippen molar-refractivity contribution in [2.75, 3.05) is 20.1 Å². The lowest BCUT2D eigenvalue weighted by molar-refractivity contribution is -0.131. The Kier molecular flexibility index (Phi) is 5.14. The van der Waals surface area contributed by atoms with E-state index in [-0.39, 0.29) is 17.9 Å². The Morgan fingerprint density at radius 2 is 2.04 bits per heavy atom. The predicted molar refractivity (Wildman–Crippen MR) is 88.7 cm³/mol. The molecule has 1 saturated heterocycles. The molecule has 1 aliphatic heterocycles.